The number of benzene rings is 2. The first kappa shape index (κ1) is 21.0. The van der Waals surface area contributed by atoms with E-state index in [9.17, 15) is 19.5 Å². The van der Waals surface area contributed by atoms with Crippen molar-refractivity contribution in [3.05, 3.63) is 88.3 Å². The molecule has 0 fully saturated rings. The Morgan fingerprint density at radius 2 is 1.67 bits per heavy atom. The summed E-state index contributed by atoms with van der Waals surface area (Å²) in [6.45, 7) is 1.61. The first-order valence-corrected chi connectivity index (χ1v) is 9.66. The van der Waals surface area contributed by atoms with Gasteiger partial charge in [0.15, 0.2) is 0 Å². The number of rotatable bonds is 8. The largest absolute Gasteiger partial charge is 0.481 e. The van der Waals surface area contributed by atoms with Crippen molar-refractivity contribution in [3.8, 4) is 11.1 Å². The Bertz CT molecular complexity index is 1040. The molecule has 0 bridgehead atoms. The second-order valence-corrected chi connectivity index (χ2v) is 7.22. The lowest BCUT2D eigenvalue weighted by molar-refractivity contribution is -0.141. The second-order valence-electron chi connectivity index (χ2n) is 7.22. The maximum Gasteiger partial charge on any atom is 0.306 e. The van der Waals surface area contributed by atoms with Crippen molar-refractivity contribution in [2.24, 2.45) is 5.92 Å². The number of carbonyl (C=O) groups is 2. The first-order chi connectivity index (χ1) is 14.4. The van der Waals surface area contributed by atoms with E-state index < -0.39 is 29.4 Å². The van der Waals surface area contributed by atoms with Gasteiger partial charge in [-0.3, -0.25) is 14.4 Å². The Morgan fingerprint density at radius 1 is 1.00 bits per heavy atom. The van der Waals surface area contributed by atoms with Crippen LogP contribution in [0.3, 0.4) is 0 Å². The van der Waals surface area contributed by atoms with E-state index >= 15 is 0 Å². The highest BCUT2D eigenvalue weighted by Crippen LogP contribution is 2.20. The van der Waals surface area contributed by atoms with Gasteiger partial charge in [-0.1, -0.05) is 61.5 Å². The van der Waals surface area contributed by atoms with Crippen molar-refractivity contribution in [1.82, 2.24) is 15.5 Å². The van der Waals surface area contributed by atoms with Crippen LogP contribution >= 0.6 is 0 Å². The van der Waals surface area contributed by atoms with Gasteiger partial charge in [-0.05, 0) is 35.6 Å². The van der Waals surface area contributed by atoms with Crippen LogP contribution in [0.4, 0.5) is 0 Å². The van der Waals surface area contributed by atoms with Gasteiger partial charge in [-0.2, -0.15) is 5.10 Å². The number of carboxylic acid groups (broad SMARTS) is 1. The van der Waals surface area contributed by atoms with Crippen LogP contribution in [0, 0.1) is 5.92 Å². The number of hydrogen-bond acceptors (Lipinski definition) is 4. The van der Waals surface area contributed by atoms with Crippen LogP contribution in [-0.2, 0) is 11.2 Å². The maximum atomic E-state index is 12.5. The number of amides is 1. The van der Waals surface area contributed by atoms with Crippen molar-refractivity contribution in [3.63, 3.8) is 0 Å². The minimum absolute atomic E-state index is 0.0713. The third kappa shape index (κ3) is 5.64. The Kier molecular flexibility index (Phi) is 6.75. The lowest BCUT2D eigenvalue weighted by Crippen LogP contribution is -2.39. The molecule has 0 unspecified atom stereocenters. The number of aliphatic carboxylic acids is 1. The minimum atomic E-state index is -0.921. The highest BCUT2D eigenvalue weighted by atomic mass is 16.4. The summed E-state index contributed by atoms with van der Waals surface area (Å²) in [5.74, 6) is -2.01. The SMILES string of the molecule is C[C@H](C[C@@H](Cc1ccc(-c2ccccc2)cc1)NC(=O)c1ccc(=O)[nH]n1)C(=O)O. The van der Waals surface area contributed by atoms with Crippen LogP contribution in [0.2, 0.25) is 0 Å². The second kappa shape index (κ2) is 9.65. The fourth-order valence-electron chi connectivity index (χ4n) is 3.20. The van der Waals surface area contributed by atoms with E-state index in [1.165, 1.54) is 12.1 Å². The average Bonchev–Trinajstić information content (AvgIpc) is 2.75. The van der Waals surface area contributed by atoms with Gasteiger partial charge in [-0.15, -0.1) is 0 Å². The molecule has 0 saturated carbocycles. The Morgan fingerprint density at radius 3 is 2.27 bits per heavy atom. The van der Waals surface area contributed by atoms with Crippen molar-refractivity contribution in [2.45, 2.75) is 25.8 Å². The number of carboxylic acids is 1. The number of aromatic amines is 1. The van der Waals surface area contributed by atoms with E-state index in [-0.39, 0.29) is 12.1 Å². The van der Waals surface area contributed by atoms with Gasteiger partial charge in [0.05, 0.1) is 5.92 Å². The molecule has 1 amide bonds. The predicted molar refractivity (Wildman–Crippen MR) is 113 cm³/mol. The fraction of sp³-hybridized carbons (Fsp3) is 0.217. The fourth-order valence-corrected chi connectivity index (χ4v) is 3.20. The van der Waals surface area contributed by atoms with Crippen LogP contribution in [0.15, 0.2) is 71.5 Å². The van der Waals surface area contributed by atoms with Gasteiger partial charge >= 0.3 is 5.97 Å². The van der Waals surface area contributed by atoms with E-state index in [0.29, 0.717) is 6.42 Å². The van der Waals surface area contributed by atoms with E-state index in [0.717, 1.165) is 16.7 Å². The summed E-state index contributed by atoms with van der Waals surface area (Å²) >= 11 is 0. The summed E-state index contributed by atoms with van der Waals surface area (Å²) in [5.41, 5.74) is 2.84. The van der Waals surface area contributed by atoms with Crippen molar-refractivity contribution in [2.75, 3.05) is 0 Å². The third-order valence-corrected chi connectivity index (χ3v) is 4.85. The van der Waals surface area contributed by atoms with Crippen molar-refractivity contribution in [1.29, 1.82) is 0 Å². The highest BCUT2D eigenvalue weighted by molar-refractivity contribution is 5.92. The minimum Gasteiger partial charge on any atom is -0.481 e. The number of carbonyl (C=O) groups excluding carboxylic acids is 1. The molecule has 2 atom stereocenters. The number of hydrogen-bond donors (Lipinski definition) is 3. The van der Waals surface area contributed by atoms with Crippen molar-refractivity contribution >= 4 is 11.9 Å². The van der Waals surface area contributed by atoms with Crippen LogP contribution in [0.1, 0.15) is 29.4 Å². The first-order valence-electron chi connectivity index (χ1n) is 9.66. The van der Waals surface area contributed by atoms with Gasteiger partial charge in [-0.25, -0.2) is 5.10 Å². The molecule has 7 heteroatoms. The van der Waals surface area contributed by atoms with E-state index in [2.05, 4.69) is 15.5 Å². The lowest BCUT2D eigenvalue weighted by atomic mass is 9.95. The van der Waals surface area contributed by atoms with E-state index in [4.69, 9.17) is 0 Å². The molecule has 0 saturated heterocycles. The molecule has 1 aromatic heterocycles. The molecule has 2 aromatic carbocycles. The quantitative estimate of drug-likeness (QED) is 0.533. The Hall–Kier alpha value is -3.74. The van der Waals surface area contributed by atoms with Crippen LogP contribution in [-0.4, -0.2) is 33.2 Å². The topological polar surface area (TPSA) is 112 Å². The maximum absolute atomic E-state index is 12.5. The van der Waals surface area contributed by atoms with Gasteiger partial charge in [0.1, 0.15) is 5.69 Å². The van der Waals surface area contributed by atoms with Crippen LogP contribution in [0.25, 0.3) is 11.1 Å². The smallest absolute Gasteiger partial charge is 0.306 e. The molecule has 7 nitrogen and oxygen atoms in total. The molecular weight excluding hydrogens is 382 g/mol. The van der Waals surface area contributed by atoms with Crippen LogP contribution < -0.4 is 10.9 Å². The normalized spacial score (nSPS) is 12.7. The van der Waals surface area contributed by atoms with E-state index in [1.54, 1.807) is 6.92 Å². The molecule has 0 radical (unpaired) electrons. The number of aromatic nitrogens is 2. The van der Waals surface area contributed by atoms with Gasteiger partial charge in [0.2, 0.25) is 0 Å². The highest BCUT2D eigenvalue weighted by Gasteiger charge is 2.21. The summed E-state index contributed by atoms with van der Waals surface area (Å²) in [4.78, 5) is 35.0. The molecular formula is C23H23N3O4. The molecule has 1 heterocycles. The van der Waals surface area contributed by atoms with E-state index in [1.807, 2.05) is 54.6 Å². The third-order valence-electron chi connectivity index (χ3n) is 4.85. The molecule has 0 aliphatic heterocycles. The molecule has 0 aliphatic rings. The zero-order valence-electron chi connectivity index (χ0n) is 16.5. The molecule has 154 valence electrons. The lowest BCUT2D eigenvalue weighted by Gasteiger charge is -2.21. The number of nitrogens with zero attached hydrogens (tertiary/aromatic N) is 1. The summed E-state index contributed by atoms with van der Waals surface area (Å²) in [5, 5.41) is 18.1. The van der Waals surface area contributed by atoms with Gasteiger partial charge in [0, 0.05) is 12.1 Å². The molecule has 3 N–H and O–H groups in total. The predicted octanol–water partition coefficient (Wildman–Crippen LogP) is 2.89. The van der Waals surface area contributed by atoms with Crippen LogP contribution in [0.5, 0.6) is 0 Å². The zero-order chi connectivity index (χ0) is 21.5. The Balaban J connectivity index is 1.74. The monoisotopic (exact) mass is 405 g/mol. The molecule has 3 aromatic rings. The Labute approximate surface area is 173 Å². The average molecular weight is 405 g/mol. The standard InChI is InChI=1S/C23H23N3O4/c1-15(23(29)30)13-19(24-22(28)20-11-12-21(27)26-25-20)14-16-7-9-18(10-8-16)17-5-3-2-4-6-17/h2-12,15,19H,13-14H2,1H3,(H,24,28)(H,26,27)(H,29,30)/t15-,19+/m1/s1. The summed E-state index contributed by atoms with van der Waals surface area (Å²) < 4.78 is 0. The molecule has 3 rings (SSSR count). The summed E-state index contributed by atoms with van der Waals surface area (Å²) in [7, 11) is 0. The zero-order valence-corrected chi connectivity index (χ0v) is 16.5. The van der Waals surface area contributed by atoms with Gasteiger partial charge < -0.3 is 10.4 Å². The molecule has 30 heavy (non-hydrogen) atoms. The summed E-state index contributed by atoms with van der Waals surface area (Å²) in [6.07, 6.45) is 0.743. The summed E-state index contributed by atoms with van der Waals surface area (Å²) in [6, 6.07) is 20.1. The molecule has 0 aliphatic carbocycles. The molecule has 0 spiro atoms. The number of nitrogens with one attached hydrogen (secondary N) is 2. The number of H-pyrrole nitrogens is 1. The van der Waals surface area contributed by atoms with Gasteiger partial charge in [0.25, 0.3) is 11.5 Å². The van der Waals surface area contributed by atoms with Crippen molar-refractivity contribution < 1.29 is 14.7 Å².